The van der Waals surface area contributed by atoms with Gasteiger partial charge in [-0.2, -0.15) is 0 Å². The van der Waals surface area contributed by atoms with Crippen LogP contribution in [0.2, 0.25) is 0 Å². The number of hydrogen-bond donors (Lipinski definition) is 2. The molecule has 0 unspecified atom stereocenters. The van der Waals surface area contributed by atoms with E-state index in [0.717, 1.165) is 5.01 Å². The van der Waals surface area contributed by atoms with Crippen molar-refractivity contribution < 1.29 is 14.3 Å². The fourth-order valence-electron chi connectivity index (χ4n) is 1.28. The first-order valence-corrected chi connectivity index (χ1v) is 6.54. The SMILES string of the molecule is COC(=O)CCCNC(=O)c1csc(CCN)n1.Cl. The van der Waals surface area contributed by atoms with Gasteiger partial charge in [0.1, 0.15) is 5.69 Å². The zero-order valence-electron chi connectivity index (χ0n) is 10.7. The van der Waals surface area contributed by atoms with Gasteiger partial charge in [0.15, 0.2) is 0 Å². The number of methoxy groups -OCH3 is 1. The molecule has 0 aliphatic rings. The van der Waals surface area contributed by atoms with Crippen LogP contribution < -0.4 is 11.1 Å². The fraction of sp³-hybridized carbons (Fsp3) is 0.545. The number of nitrogens with two attached hydrogens (primary N) is 1. The molecule has 8 heteroatoms. The van der Waals surface area contributed by atoms with Crippen molar-refractivity contribution in [2.24, 2.45) is 5.73 Å². The summed E-state index contributed by atoms with van der Waals surface area (Å²) in [7, 11) is 1.34. The van der Waals surface area contributed by atoms with Gasteiger partial charge in [-0.05, 0) is 13.0 Å². The average molecular weight is 308 g/mol. The van der Waals surface area contributed by atoms with Gasteiger partial charge in [-0.3, -0.25) is 9.59 Å². The minimum atomic E-state index is -0.275. The number of amides is 1. The minimum Gasteiger partial charge on any atom is -0.469 e. The molecular weight excluding hydrogens is 290 g/mol. The first kappa shape index (κ1) is 17.8. The Balaban J connectivity index is 0.00000324. The second-order valence-corrected chi connectivity index (χ2v) is 4.54. The van der Waals surface area contributed by atoms with Gasteiger partial charge in [0.05, 0.1) is 12.1 Å². The minimum absolute atomic E-state index is 0. The van der Waals surface area contributed by atoms with Crippen LogP contribution in [0.3, 0.4) is 0 Å². The number of aromatic nitrogens is 1. The number of rotatable bonds is 7. The molecule has 0 saturated heterocycles. The second-order valence-electron chi connectivity index (χ2n) is 3.60. The molecule has 1 amide bonds. The number of ether oxygens (including phenoxy) is 1. The van der Waals surface area contributed by atoms with Crippen molar-refractivity contribution in [2.75, 3.05) is 20.2 Å². The summed E-state index contributed by atoms with van der Waals surface area (Å²) in [6, 6.07) is 0. The highest BCUT2D eigenvalue weighted by molar-refractivity contribution is 7.09. The highest BCUT2D eigenvalue weighted by atomic mass is 35.5. The number of thiazole rings is 1. The van der Waals surface area contributed by atoms with Crippen molar-refractivity contribution in [2.45, 2.75) is 19.3 Å². The van der Waals surface area contributed by atoms with Gasteiger partial charge in [0.2, 0.25) is 0 Å². The Morgan fingerprint density at radius 3 is 2.89 bits per heavy atom. The third-order valence-electron chi connectivity index (χ3n) is 2.21. The van der Waals surface area contributed by atoms with Crippen molar-refractivity contribution in [1.29, 1.82) is 0 Å². The Morgan fingerprint density at radius 1 is 1.53 bits per heavy atom. The standard InChI is InChI=1S/C11H17N3O3S.ClH/c1-17-10(15)3-2-6-13-11(16)8-7-18-9(14-8)4-5-12;/h7H,2-6,12H2,1H3,(H,13,16);1H. The van der Waals surface area contributed by atoms with E-state index in [9.17, 15) is 9.59 Å². The number of nitrogens with one attached hydrogen (secondary N) is 1. The van der Waals surface area contributed by atoms with E-state index in [4.69, 9.17) is 5.73 Å². The van der Waals surface area contributed by atoms with Gasteiger partial charge < -0.3 is 15.8 Å². The first-order chi connectivity index (χ1) is 8.67. The van der Waals surface area contributed by atoms with Crippen LogP contribution in [0.25, 0.3) is 0 Å². The lowest BCUT2D eigenvalue weighted by molar-refractivity contribution is -0.140. The van der Waals surface area contributed by atoms with Crippen molar-refractivity contribution >= 4 is 35.6 Å². The normalized spacial score (nSPS) is 9.58. The van der Waals surface area contributed by atoms with Crippen LogP contribution in [0.5, 0.6) is 0 Å². The number of esters is 1. The van der Waals surface area contributed by atoms with Crippen LogP contribution in [0.1, 0.15) is 28.3 Å². The molecule has 1 heterocycles. The highest BCUT2D eigenvalue weighted by Crippen LogP contribution is 2.09. The zero-order chi connectivity index (χ0) is 13.4. The topological polar surface area (TPSA) is 94.3 Å². The summed E-state index contributed by atoms with van der Waals surface area (Å²) >= 11 is 1.42. The smallest absolute Gasteiger partial charge is 0.305 e. The second kappa shape index (κ2) is 9.71. The molecule has 1 rings (SSSR count). The third-order valence-corrected chi connectivity index (χ3v) is 3.12. The summed E-state index contributed by atoms with van der Waals surface area (Å²) in [5.74, 6) is -0.498. The van der Waals surface area contributed by atoms with E-state index < -0.39 is 0 Å². The Morgan fingerprint density at radius 2 is 2.26 bits per heavy atom. The maximum Gasteiger partial charge on any atom is 0.305 e. The van der Waals surface area contributed by atoms with Crippen LogP contribution in [-0.2, 0) is 16.0 Å². The summed E-state index contributed by atoms with van der Waals surface area (Å²) in [6.07, 6.45) is 1.53. The predicted octanol–water partition coefficient (Wildman–Crippen LogP) is 0.749. The van der Waals surface area contributed by atoms with Gasteiger partial charge in [-0.25, -0.2) is 4.98 Å². The van der Waals surface area contributed by atoms with E-state index in [1.807, 2.05) is 0 Å². The Bertz CT molecular complexity index is 412. The van der Waals surface area contributed by atoms with Gasteiger partial charge in [-0.1, -0.05) is 0 Å². The molecular formula is C11H18ClN3O3S. The summed E-state index contributed by atoms with van der Waals surface area (Å²) in [4.78, 5) is 26.7. The maximum atomic E-state index is 11.7. The molecule has 6 nitrogen and oxygen atoms in total. The molecule has 0 aliphatic heterocycles. The highest BCUT2D eigenvalue weighted by Gasteiger charge is 2.10. The quantitative estimate of drug-likeness (QED) is 0.572. The van der Waals surface area contributed by atoms with Crippen LogP contribution in [0.4, 0.5) is 0 Å². The zero-order valence-corrected chi connectivity index (χ0v) is 12.3. The molecule has 0 fully saturated rings. The molecule has 0 atom stereocenters. The lowest BCUT2D eigenvalue weighted by Gasteiger charge is -2.02. The maximum absolute atomic E-state index is 11.7. The molecule has 0 aliphatic carbocycles. The molecule has 0 bridgehead atoms. The van der Waals surface area contributed by atoms with Crippen LogP contribution in [0, 0.1) is 0 Å². The number of carbonyl (C=O) groups is 2. The largest absolute Gasteiger partial charge is 0.469 e. The van der Waals surface area contributed by atoms with E-state index in [-0.39, 0.29) is 24.3 Å². The lowest BCUT2D eigenvalue weighted by Crippen LogP contribution is -2.25. The molecule has 0 saturated carbocycles. The molecule has 108 valence electrons. The Hall–Kier alpha value is -1.18. The fourth-order valence-corrected chi connectivity index (χ4v) is 2.07. The summed E-state index contributed by atoms with van der Waals surface area (Å²) in [6.45, 7) is 0.950. The van der Waals surface area contributed by atoms with Crippen LogP contribution in [0.15, 0.2) is 5.38 Å². The summed E-state index contributed by atoms with van der Waals surface area (Å²) in [5.41, 5.74) is 5.81. The Kier molecular flexibility index (Phi) is 9.11. The number of hydrogen-bond acceptors (Lipinski definition) is 6. The van der Waals surface area contributed by atoms with Gasteiger partial charge in [0, 0.05) is 24.8 Å². The lowest BCUT2D eigenvalue weighted by atomic mass is 10.3. The van der Waals surface area contributed by atoms with E-state index in [1.54, 1.807) is 5.38 Å². The van der Waals surface area contributed by atoms with Crippen LogP contribution in [-0.4, -0.2) is 37.1 Å². The van der Waals surface area contributed by atoms with E-state index in [2.05, 4.69) is 15.0 Å². The van der Waals surface area contributed by atoms with Crippen molar-refractivity contribution in [3.8, 4) is 0 Å². The molecule has 0 aromatic carbocycles. The van der Waals surface area contributed by atoms with E-state index >= 15 is 0 Å². The van der Waals surface area contributed by atoms with Crippen LogP contribution >= 0.6 is 23.7 Å². The van der Waals surface area contributed by atoms with Crippen molar-refractivity contribution in [3.05, 3.63) is 16.1 Å². The monoisotopic (exact) mass is 307 g/mol. The molecule has 1 aromatic heterocycles. The number of carbonyl (C=O) groups excluding carboxylic acids is 2. The van der Waals surface area contributed by atoms with E-state index in [1.165, 1.54) is 18.4 Å². The summed E-state index contributed by atoms with van der Waals surface area (Å²) in [5, 5.41) is 5.27. The third kappa shape index (κ3) is 6.51. The van der Waals surface area contributed by atoms with Gasteiger partial charge in [0.25, 0.3) is 5.91 Å². The van der Waals surface area contributed by atoms with Gasteiger partial charge >= 0.3 is 5.97 Å². The average Bonchev–Trinajstić information content (AvgIpc) is 2.83. The number of halogens is 1. The molecule has 3 N–H and O–H groups in total. The summed E-state index contributed by atoms with van der Waals surface area (Å²) < 4.78 is 4.50. The van der Waals surface area contributed by atoms with Crippen molar-refractivity contribution in [1.82, 2.24) is 10.3 Å². The van der Waals surface area contributed by atoms with Crippen molar-refractivity contribution in [3.63, 3.8) is 0 Å². The number of nitrogens with zero attached hydrogens (tertiary/aromatic N) is 1. The molecule has 19 heavy (non-hydrogen) atoms. The predicted molar refractivity (Wildman–Crippen MR) is 75.7 cm³/mol. The first-order valence-electron chi connectivity index (χ1n) is 5.67. The molecule has 0 spiro atoms. The van der Waals surface area contributed by atoms with Gasteiger partial charge in [-0.15, -0.1) is 23.7 Å². The molecule has 0 radical (unpaired) electrons. The molecule has 1 aromatic rings. The Labute approximate surface area is 122 Å². The van der Waals surface area contributed by atoms with E-state index in [0.29, 0.717) is 38.0 Å².